The number of benzene rings is 1. The van der Waals surface area contributed by atoms with E-state index in [-0.39, 0.29) is 5.88 Å². The van der Waals surface area contributed by atoms with E-state index in [0.29, 0.717) is 23.8 Å². The average molecular weight is 264 g/mol. The fourth-order valence-electron chi connectivity index (χ4n) is 1.93. The Labute approximate surface area is 111 Å². The Hall–Kier alpha value is -2.21. The molecule has 1 aromatic heterocycles. The molecule has 0 atom stereocenters. The normalized spacial score (nSPS) is 10.5. The van der Waals surface area contributed by atoms with Gasteiger partial charge in [-0.2, -0.15) is 0 Å². The second kappa shape index (κ2) is 5.62. The van der Waals surface area contributed by atoms with Crippen molar-refractivity contribution >= 4 is 5.88 Å². The van der Waals surface area contributed by atoms with E-state index in [1.54, 1.807) is 27.4 Å². The molecule has 0 aliphatic heterocycles. The zero-order valence-electron chi connectivity index (χ0n) is 11.1. The van der Waals surface area contributed by atoms with Crippen LogP contribution in [0.5, 0.6) is 11.5 Å². The van der Waals surface area contributed by atoms with E-state index in [2.05, 4.69) is 5.16 Å². The fourth-order valence-corrected chi connectivity index (χ4v) is 1.93. The molecule has 0 radical (unpaired) electrons. The van der Waals surface area contributed by atoms with Crippen molar-refractivity contribution in [2.24, 2.45) is 0 Å². The Morgan fingerprint density at radius 1 is 1.21 bits per heavy atom. The topological polar surface area (TPSA) is 79.7 Å². The molecule has 0 spiro atoms. The first-order chi connectivity index (χ1) is 9.21. The number of hydrogen-bond acceptors (Lipinski definition) is 6. The Morgan fingerprint density at radius 3 is 2.53 bits per heavy atom. The minimum absolute atomic E-state index is 0.251. The summed E-state index contributed by atoms with van der Waals surface area (Å²) in [7, 11) is 4.79. The lowest BCUT2D eigenvalue weighted by atomic mass is 10.1. The number of nitrogen functional groups attached to an aromatic ring is 1. The van der Waals surface area contributed by atoms with Crippen LogP contribution in [0.15, 0.2) is 22.7 Å². The van der Waals surface area contributed by atoms with E-state index in [1.165, 1.54) is 0 Å². The van der Waals surface area contributed by atoms with Gasteiger partial charge in [-0.25, -0.2) is 0 Å². The molecule has 0 amide bonds. The van der Waals surface area contributed by atoms with E-state index in [4.69, 9.17) is 24.5 Å². The number of aromatic nitrogens is 1. The van der Waals surface area contributed by atoms with Gasteiger partial charge in [-0.15, -0.1) is 0 Å². The number of nitrogens with zero attached hydrogens (tertiary/aromatic N) is 1. The van der Waals surface area contributed by atoms with Gasteiger partial charge in [0.2, 0.25) is 5.88 Å². The maximum atomic E-state index is 5.54. The highest BCUT2D eigenvalue weighted by Gasteiger charge is 2.18. The van der Waals surface area contributed by atoms with E-state index < -0.39 is 0 Å². The van der Waals surface area contributed by atoms with Gasteiger partial charge in [0.15, 0.2) is 0 Å². The van der Waals surface area contributed by atoms with Crippen molar-refractivity contribution in [3.63, 3.8) is 0 Å². The summed E-state index contributed by atoms with van der Waals surface area (Å²) in [4.78, 5) is 0. The number of ether oxygens (including phenoxy) is 3. The molecule has 2 rings (SSSR count). The molecule has 0 saturated heterocycles. The Morgan fingerprint density at radius 2 is 2.00 bits per heavy atom. The molecule has 6 nitrogen and oxygen atoms in total. The molecule has 1 aromatic carbocycles. The van der Waals surface area contributed by atoms with Crippen molar-refractivity contribution in [3.05, 3.63) is 23.8 Å². The molecule has 2 aromatic rings. The third kappa shape index (κ3) is 2.48. The van der Waals surface area contributed by atoms with E-state index in [0.717, 1.165) is 11.1 Å². The minimum atomic E-state index is 0.251. The maximum Gasteiger partial charge on any atom is 0.222 e. The molecule has 19 heavy (non-hydrogen) atoms. The summed E-state index contributed by atoms with van der Waals surface area (Å²) >= 11 is 0. The minimum Gasteiger partial charge on any atom is -0.496 e. The predicted octanol–water partition coefficient (Wildman–Crippen LogP) is 2.09. The van der Waals surface area contributed by atoms with Gasteiger partial charge < -0.3 is 24.5 Å². The summed E-state index contributed by atoms with van der Waals surface area (Å²) in [6.45, 7) is 0.369. The third-order valence-corrected chi connectivity index (χ3v) is 2.73. The summed E-state index contributed by atoms with van der Waals surface area (Å²) in [6.07, 6.45) is 0. The lowest BCUT2D eigenvalue weighted by Crippen LogP contribution is -2.00. The van der Waals surface area contributed by atoms with Crippen molar-refractivity contribution in [2.45, 2.75) is 6.61 Å². The third-order valence-electron chi connectivity index (χ3n) is 2.73. The molecule has 0 unspecified atom stereocenters. The molecular formula is C13H16N2O4. The molecule has 6 heteroatoms. The molecule has 0 saturated carbocycles. The molecule has 0 aliphatic rings. The SMILES string of the molecule is COCc1c(OC)ccc(-c2cc(N)on2)c1OC. The van der Waals surface area contributed by atoms with Gasteiger partial charge in [-0.05, 0) is 12.1 Å². The van der Waals surface area contributed by atoms with E-state index in [9.17, 15) is 0 Å². The lowest BCUT2D eigenvalue weighted by molar-refractivity contribution is 0.178. The quantitative estimate of drug-likeness (QED) is 0.890. The Bertz CT molecular complexity index is 566. The summed E-state index contributed by atoms with van der Waals surface area (Å²) in [5.74, 6) is 1.58. The van der Waals surface area contributed by atoms with E-state index in [1.807, 2.05) is 12.1 Å². The van der Waals surface area contributed by atoms with Crippen LogP contribution in [-0.2, 0) is 11.3 Å². The number of rotatable bonds is 5. The average Bonchev–Trinajstić information content (AvgIpc) is 2.85. The standard InChI is InChI=1S/C13H16N2O4/c1-16-7-9-11(17-2)5-4-8(13(9)18-3)10-6-12(14)19-15-10/h4-6H,7,14H2,1-3H3. The Balaban J connectivity index is 2.58. The number of nitrogens with two attached hydrogens (primary N) is 1. The molecular weight excluding hydrogens is 248 g/mol. The zero-order valence-corrected chi connectivity index (χ0v) is 11.1. The van der Waals surface area contributed by atoms with Crippen LogP contribution in [0.3, 0.4) is 0 Å². The molecule has 1 heterocycles. The molecule has 102 valence electrons. The van der Waals surface area contributed by atoms with Gasteiger partial charge in [0.05, 0.1) is 26.4 Å². The lowest BCUT2D eigenvalue weighted by Gasteiger charge is -2.15. The highest BCUT2D eigenvalue weighted by atomic mass is 16.5. The highest BCUT2D eigenvalue weighted by molar-refractivity contribution is 5.72. The number of anilines is 1. The summed E-state index contributed by atoms with van der Waals surface area (Å²) in [5.41, 5.74) is 7.73. The molecule has 0 bridgehead atoms. The van der Waals surface area contributed by atoms with Crippen LogP contribution in [0.25, 0.3) is 11.3 Å². The first-order valence-corrected chi connectivity index (χ1v) is 5.66. The summed E-state index contributed by atoms with van der Waals surface area (Å²) < 4.78 is 20.8. The van der Waals surface area contributed by atoms with Crippen molar-refractivity contribution in [1.82, 2.24) is 5.16 Å². The number of methoxy groups -OCH3 is 3. The zero-order chi connectivity index (χ0) is 13.8. The van der Waals surface area contributed by atoms with Crippen molar-refractivity contribution in [1.29, 1.82) is 0 Å². The van der Waals surface area contributed by atoms with Gasteiger partial charge >= 0.3 is 0 Å². The van der Waals surface area contributed by atoms with Crippen LogP contribution in [0.2, 0.25) is 0 Å². The second-order valence-electron chi connectivity index (χ2n) is 3.87. The van der Waals surface area contributed by atoms with Crippen LogP contribution in [0.1, 0.15) is 5.56 Å². The van der Waals surface area contributed by atoms with Gasteiger partial charge in [0, 0.05) is 18.7 Å². The highest BCUT2D eigenvalue weighted by Crippen LogP contribution is 2.38. The van der Waals surface area contributed by atoms with Gasteiger partial charge in [0.1, 0.15) is 17.2 Å². The van der Waals surface area contributed by atoms with Gasteiger partial charge in [-0.3, -0.25) is 0 Å². The number of hydrogen-bond donors (Lipinski definition) is 1. The van der Waals surface area contributed by atoms with Crippen LogP contribution in [0.4, 0.5) is 5.88 Å². The first kappa shape index (κ1) is 13.2. The monoisotopic (exact) mass is 264 g/mol. The van der Waals surface area contributed by atoms with Crippen molar-refractivity contribution in [3.8, 4) is 22.8 Å². The maximum absolute atomic E-state index is 5.54. The van der Waals surface area contributed by atoms with Crippen LogP contribution >= 0.6 is 0 Å². The van der Waals surface area contributed by atoms with Crippen LogP contribution < -0.4 is 15.2 Å². The predicted molar refractivity (Wildman–Crippen MR) is 70.2 cm³/mol. The Kier molecular flexibility index (Phi) is 3.91. The molecule has 0 aliphatic carbocycles. The second-order valence-corrected chi connectivity index (χ2v) is 3.87. The van der Waals surface area contributed by atoms with Crippen molar-refractivity contribution < 1.29 is 18.7 Å². The molecule has 2 N–H and O–H groups in total. The summed E-state index contributed by atoms with van der Waals surface area (Å²) in [6, 6.07) is 5.31. The van der Waals surface area contributed by atoms with E-state index >= 15 is 0 Å². The summed E-state index contributed by atoms with van der Waals surface area (Å²) in [5, 5.41) is 3.89. The largest absolute Gasteiger partial charge is 0.496 e. The van der Waals surface area contributed by atoms with Gasteiger partial charge in [-0.1, -0.05) is 5.16 Å². The first-order valence-electron chi connectivity index (χ1n) is 5.66. The van der Waals surface area contributed by atoms with Crippen LogP contribution in [-0.4, -0.2) is 26.5 Å². The molecule has 0 fully saturated rings. The fraction of sp³-hybridized carbons (Fsp3) is 0.308. The smallest absolute Gasteiger partial charge is 0.222 e. The van der Waals surface area contributed by atoms with Gasteiger partial charge in [0.25, 0.3) is 0 Å². The van der Waals surface area contributed by atoms with Crippen molar-refractivity contribution in [2.75, 3.05) is 27.1 Å². The van der Waals surface area contributed by atoms with Crippen LogP contribution in [0, 0.1) is 0 Å².